The Morgan fingerprint density at radius 3 is 2.18 bits per heavy atom. The number of aliphatic hydroxyl groups is 1. The Morgan fingerprint density at radius 2 is 1.61 bits per heavy atom. The van der Waals surface area contributed by atoms with E-state index in [1.54, 1.807) is 25.1 Å². The summed E-state index contributed by atoms with van der Waals surface area (Å²) in [6, 6.07) is 13.7. The fourth-order valence-corrected chi connectivity index (χ4v) is 4.72. The average Bonchev–Trinajstić information content (AvgIpc) is 3.51. The number of carbonyl (C=O) groups is 2. The normalized spacial score (nSPS) is 19.3. The fourth-order valence-electron chi connectivity index (χ4n) is 4.72. The van der Waals surface area contributed by atoms with E-state index in [0.717, 1.165) is 48.7 Å². The predicted molar refractivity (Wildman–Crippen MR) is 133 cm³/mol. The van der Waals surface area contributed by atoms with Gasteiger partial charge >= 0.3 is 12.3 Å². The van der Waals surface area contributed by atoms with Gasteiger partial charge in [0.2, 0.25) is 0 Å². The SMILES string of the molecule is Cc1ccc(N2C(=O)C(=O)/C(=C(\O)c3ccc(N4CCCC4)cc3)C2c2ccc(OC(F)(F)F)cc2)nn1. The van der Waals surface area contributed by atoms with Gasteiger partial charge in [0.1, 0.15) is 11.5 Å². The molecular formula is C27H23F3N4O4. The number of aryl methyl sites for hydroxylation is 1. The molecule has 2 saturated heterocycles. The second-order valence-corrected chi connectivity index (χ2v) is 9.06. The number of benzene rings is 2. The van der Waals surface area contributed by atoms with Crippen molar-refractivity contribution in [2.24, 2.45) is 0 Å². The molecule has 3 heterocycles. The highest BCUT2D eigenvalue weighted by atomic mass is 19.4. The number of hydrogen-bond acceptors (Lipinski definition) is 7. The van der Waals surface area contributed by atoms with Gasteiger partial charge in [-0.25, -0.2) is 0 Å². The number of carbonyl (C=O) groups excluding carboxylic acids is 2. The van der Waals surface area contributed by atoms with Crippen molar-refractivity contribution in [2.75, 3.05) is 22.9 Å². The van der Waals surface area contributed by atoms with Crippen LogP contribution >= 0.6 is 0 Å². The van der Waals surface area contributed by atoms with Gasteiger partial charge in [0.05, 0.1) is 17.3 Å². The Balaban J connectivity index is 1.59. The van der Waals surface area contributed by atoms with Gasteiger partial charge in [-0.1, -0.05) is 12.1 Å². The van der Waals surface area contributed by atoms with Crippen molar-refractivity contribution in [3.63, 3.8) is 0 Å². The van der Waals surface area contributed by atoms with Crippen LogP contribution in [0.25, 0.3) is 5.76 Å². The number of rotatable bonds is 5. The Bertz CT molecular complexity index is 1380. The Morgan fingerprint density at radius 1 is 0.947 bits per heavy atom. The van der Waals surface area contributed by atoms with E-state index in [2.05, 4.69) is 19.8 Å². The van der Waals surface area contributed by atoms with Crippen molar-refractivity contribution in [2.45, 2.75) is 32.2 Å². The molecular weight excluding hydrogens is 501 g/mol. The maximum absolute atomic E-state index is 13.2. The van der Waals surface area contributed by atoms with E-state index in [1.807, 2.05) is 12.1 Å². The maximum atomic E-state index is 13.2. The van der Waals surface area contributed by atoms with Gasteiger partial charge in [0.25, 0.3) is 5.78 Å². The molecule has 38 heavy (non-hydrogen) atoms. The van der Waals surface area contributed by atoms with Crippen LogP contribution in [0.3, 0.4) is 0 Å². The summed E-state index contributed by atoms with van der Waals surface area (Å²) in [5, 5.41) is 19.3. The lowest BCUT2D eigenvalue weighted by molar-refractivity contribution is -0.274. The maximum Gasteiger partial charge on any atom is 0.573 e. The minimum absolute atomic E-state index is 0.0572. The lowest BCUT2D eigenvalue weighted by Gasteiger charge is -2.24. The van der Waals surface area contributed by atoms with Gasteiger partial charge in [0.15, 0.2) is 5.82 Å². The van der Waals surface area contributed by atoms with Gasteiger partial charge in [-0.3, -0.25) is 14.5 Å². The van der Waals surface area contributed by atoms with Crippen LogP contribution in [0, 0.1) is 6.92 Å². The van der Waals surface area contributed by atoms with E-state index in [0.29, 0.717) is 11.3 Å². The molecule has 0 saturated carbocycles. The number of ketones is 1. The smallest absolute Gasteiger partial charge is 0.507 e. The highest BCUT2D eigenvalue weighted by Crippen LogP contribution is 2.42. The van der Waals surface area contributed by atoms with Crippen molar-refractivity contribution < 1.29 is 32.6 Å². The van der Waals surface area contributed by atoms with Crippen LogP contribution in [-0.2, 0) is 9.59 Å². The molecule has 1 N–H and O–H groups in total. The number of ether oxygens (including phenoxy) is 1. The monoisotopic (exact) mass is 524 g/mol. The molecule has 3 aromatic rings. The van der Waals surface area contributed by atoms with Crippen molar-refractivity contribution in [1.82, 2.24) is 10.2 Å². The van der Waals surface area contributed by atoms with Crippen LogP contribution in [0.4, 0.5) is 24.7 Å². The van der Waals surface area contributed by atoms with Gasteiger partial charge < -0.3 is 14.7 Å². The highest BCUT2D eigenvalue weighted by molar-refractivity contribution is 6.51. The standard InChI is InChI=1S/C27H23F3N4O4/c1-16-4-13-21(32-31-16)34-23(17-7-11-20(12-8-17)38-27(28,29)30)22(25(36)26(34)37)24(35)18-5-9-19(10-6-18)33-14-2-3-15-33/h4-13,23,35H,2-3,14-15H2,1H3/b24-22-. The molecule has 2 aromatic carbocycles. The number of Topliss-reactive ketones (excluding diaryl/α,β-unsaturated/α-hetero) is 1. The molecule has 1 aromatic heterocycles. The van der Waals surface area contributed by atoms with E-state index in [4.69, 9.17) is 0 Å². The Labute approximate surface area is 216 Å². The average molecular weight is 524 g/mol. The van der Waals surface area contributed by atoms with E-state index < -0.39 is 35.6 Å². The molecule has 0 radical (unpaired) electrons. The van der Waals surface area contributed by atoms with Gasteiger partial charge in [-0.2, -0.15) is 5.10 Å². The van der Waals surface area contributed by atoms with Gasteiger partial charge in [0, 0.05) is 24.3 Å². The number of alkyl halides is 3. The largest absolute Gasteiger partial charge is 0.573 e. The van der Waals surface area contributed by atoms with E-state index >= 15 is 0 Å². The van der Waals surface area contributed by atoms with Crippen LogP contribution in [-0.4, -0.2) is 46.4 Å². The summed E-state index contributed by atoms with van der Waals surface area (Å²) in [4.78, 5) is 29.7. The number of hydrogen-bond donors (Lipinski definition) is 1. The van der Waals surface area contributed by atoms with Crippen LogP contribution < -0.4 is 14.5 Å². The van der Waals surface area contributed by atoms with Crippen LogP contribution in [0.5, 0.6) is 5.75 Å². The number of amides is 1. The van der Waals surface area contributed by atoms with E-state index in [9.17, 15) is 27.9 Å². The Kier molecular flexibility index (Phi) is 6.52. The molecule has 196 valence electrons. The lowest BCUT2D eigenvalue weighted by atomic mass is 9.95. The number of aromatic nitrogens is 2. The third kappa shape index (κ3) is 4.91. The van der Waals surface area contributed by atoms with Crippen molar-refractivity contribution in [3.8, 4) is 5.75 Å². The van der Waals surface area contributed by atoms with Crippen molar-refractivity contribution >= 4 is 29.0 Å². The summed E-state index contributed by atoms with van der Waals surface area (Å²) < 4.78 is 41.9. The van der Waals surface area contributed by atoms with Gasteiger partial charge in [-0.05, 0) is 73.9 Å². The molecule has 2 fully saturated rings. The lowest BCUT2D eigenvalue weighted by Crippen LogP contribution is -2.30. The summed E-state index contributed by atoms with van der Waals surface area (Å²) in [5.74, 6) is -2.71. The third-order valence-electron chi connectivity index (χ3n) is 6.52. The van der Waals surface area contributed by atoms with E-state index in [-0.39, 0.29) is 17.0 Å². The molecule has 0 bridgehead atoms. The number of anilines is 2. The molecule has 0 aliphatic carbocycles. The number of nitrogens with zero attached hydrogens (tertiary/aromatic N) is 4. The first-order valence-corrected chi connectivity index (χ1v) is 11.9. The molecule has 1 atom stereocenters. The molecule has 5 rings (SSSR count). The first-order chi connectivity index (χ1) is 18.1. The Hall–Kier alpha value is -4.41. The minimum atomic E-state index is -4.88. The molecule has 8 nitrogen and oxygen atoms in total. The first-order valence-electron chi connectivity index (χ1n) is 11.9. The zero-order chi connectivity index (χ0) is 27.0. The predicted octanol–water partition coefficient (Wildman–Crippen LogP) is 4.91. The highest BCUT2D eigenvalue weighted by Gasteiger charge is 2.47. The number of aliphatic hydroxyl groups excluding tert-OH is 1. The molecule has 11 heteroatoms. The third-order valence-corrected chi connectivity index (χ3v) is 6.52. The van der Waals surface area contributed by atoms with Crippen molar-refractivity contribution in [3.05, 3.63) is 83.1 Å². The topological polar surface area (TPSA) is 95.9 Å². The van der Waals surface area contributed by atoms with Gasteiger partial charge in [-0.15, -0.1) is 18.3 Å². The first kappa shape index (κ1) is 25.2. The quantitative estimate of drug-likeness (QED) is 0.288. The summed E-state index contributed by atoms with van der Waals surface area (Å²) in [7, 11) is 0. The summed E-state index contributed by atoms with van der Waals surface area (Å²) in [6.45, 7) is 3.57. The number of halogens is 3. The molecule has 1 amide bonds. The van der Waals surface area contributed by atoms with E-state index in [1.165, 1.54) is 18.2 Å². The second-order valence-electron chi connectivity index (χ2n) is 9.06. The molecule has 2 aliphatic rings. The summed E-state index contributed by atoms with van der Waals surface area (Å²) in [5.41, 5.74) is 1.94. The fraction of sp³-hybridized carbons (Fsp3) is 0.259. The van der Waals surface area contributed by atoms with Crippen LogP contribution in [0.1, 0.15) is 35.7 Å². The molecule has 2 aliphatic heterocycles. The zero-order valence-corrected chi connectivity index (χ0v) is 20.3. The van der Waals surface area contributed by atoms with Crippen LogP contribution in [0.15, 0.2) is 66.2 Å². The summed E-state index contributed by atoms with van der Waals surface area (Å²) in [6.07, 6.45) is -2.69. The summed E-state index contributed by atoms with van der Waals surface area (Å²) >= 11 is 0. The molecule has 1 unspecified atom stereocenters. The van der Waals surface area contributed by atoms with Crippen molar-refractivity contribution in [1.29, 1.82) is 0 Å². The minimum Gasteiger partial charge on any atom is -0.507 e. The molecule has 0 spiro atoms. The second kappa shape index (κ2) is 9.81. The van der Waals surface area contributed by atoms with Crippen LogP contribution in [0.2, 0.25) is 0 Å². The zero-order valence-electron chi connectivity index (χ0n) is 20.3.